The molecule has 1 atom stereocenters. The van der Waals surface area contributed by atoms with Gasteiger partial charge in [-0.05, 0) is 31.2 Å². The lowest BCUT2D eigenvalue weighted by Gasteiger charge is -2.13. The zero-order chi connectivity index (χ0) is 19.3. The van der Waals surface area contributed by atoms with Crippen LogP contribution in [-0.4, -0.2) is 35.9 Å². The van der Waals surface area contributed by atoms with Gasteiger partial charge in [0.2, 0.25) is 0 Å². The summed E-state index contributed by atoms with van der Waals surface area (Å²) in [6, 6.07) is 6.22. The van der Waals surface area contributed by atoms with Crippen LogP contribution in [0.15, 0.2) is 41.9 Å². The topological polar surface area (TPSA) is 123 Å². The molecule has 9 heteroatoms. The molecule has 136 valence electrons. The van der Waals surface area contributed by atoms with Gasteiger partial charge in [-0.15, -0.1) is 11.3 Å². The zero-order valence-electron chi connectivity index (χ0n) is 14.2. The lowest BCUT2D eigenvalue weighted by molar-refractivity contribution is -0.144. The Hall–Kier alpha value is -3.20. The first-order valence-electron chi connectivity index (χ1n) is 7.52. The van der Waals surface area contributed by atoms with E-state index in [0.717, 1.165) is 5.56 Å². The molecular formula is C17H18N4O4S. The van der Waals surface area contributed by atoms with Crippen LogP contribution in [-0.2, 0) is 14.3 Å². The van der Waals surface area contributed by atoms with E-state index in [4.69, 9.17) is 5.73 Å². The summed E-state index contributed by atoms with van der Waals surface area (Å²) < 4.78 is 4.51. The van der Waals surface area contributed by atoms with Crippen molar-refractivity contribution in [3.8, 4) is 10.6 Å². The molecule has 1 aromatic carbocycles. The molecule has 0 aliphatic carbocycles. The fourth-order valence-electron chi connectivity index (χ4n) is 1.91. The number of rotatable bonds is 6. The Morgan fingerprint density at radius 1 is 1.27 bits per heavy atom. The minimum Gasteiger partial charge on any atom is -0.467 e. The van der Waals surface area contributed by atoms with Crippen LogP contribution in [0.2, 0.25) is 0 Å². The van der Waals surface area contributed by atoms with Crippen LogP contribution >= 0.6 is 11.3 Å². The minimum atomic E-state index is -0.863. The van der Waals surface area contributed by atoms with Gasteiger partial charge in [0, 0.05) is 16.6 Å². The molecule has 2 aromatic rings. The molecule has 0 fully saturated rings. The minimum absolute atomic E-state index is 0.150. The number of carbonyl (C=O) groups is 3. The number of thiazole rings is 1. The van der Waals surface area contributed by atoms with E-state index in [0.29, 0.717) is 10.7 Å². The molecule has 0 spiro atoms. The molecule has 0 saturated heterocycles. The predicted octanol–water partition coefficient (Wildman–Crippen LogP) is 1.31. The van der Waals surface area contributed by atoms with Crippen LogP contribution in [0.3, 0.4) is 0 Å². The number of esters is 1. The highest BCUT2D eigenvalue weighted by atomic mass is 32.1. The Kier molecular flexibility index (Phi) is 6.07. The van der Waals surface area contributed by atoms with Crippen LogP contribution in [0, 0.1) is 0 Å². The maximum Gasteiger partial charge on any atom is 0.328 e. The first-order chi connectivity index (χ1) is 12.3. The third kappa shape index (κ3) is 4.67. The molecule has 0 radical (unpaired) electrons. The van der Waals surface area contributed by atoms with Gasteiger partial charge in [-0.25, -0.2) is 9.78 Å². The van der Waals surface area contributed by atoms with Crippen molar-refractivity contribution in [1.29, 1.82) is 0 Å². The number of amides is 2. The SMILES string of the molecule is C=C(NC(=O)c1csc(-c2ccc(N)cc2)n1)C(=O)N[C@H](C)C(=O)OC. The Bertz CT molecular complexity index is 845. The summed E-state index contributed by atoms with van der Waals surface area (Å²) in [7, 11) is 1.21. The predicted molar refractivity (Wildman–Crippen MR) is 98.2 cm³/mol. The lowest BCUT2D eigenvalue weighted by atomic mass is 10.2. The maximum absolute atomic E-state index is 12.2. The number of hydrogen-bond donors (Lipinski definition) is 3. The molecule has 0 aliphatic rings. The third-order valence-electron chi connectivity index (χ3n) is 3.34. The number of nitrogens with two attached hydrogens (primary N) is 1. The summed E-state index contributed by atoms with van der Waals surface area (Å²) in [5.41, 5.74) is 7.05. The van der Waals surface area contributed by atoms with Crippen LogP contribution in [0.4, 0.5) is 5.69 Å². The van der Waals surface area contributed by atoms with Crippen molar-refractivity contribution in [2.45, 2.75) is 13.0 Å². The molecule has 26 heavy (non-hydrogen) atoms. The number of benzene rings is 1. The molecule has 2 amide bonds. The standard InChI is InChI=1S/C17H18N4O4S/c1-9(14(22)20-10(2)17(24)25-3)19-15(23)13-8-26-16(21-13)11-4-6-12(18)7-5-11/h4-8,10H,1,18H2,2-3H3,(H,19,23)(H,20,22)/t10-/m1/s1. The first-order valence-corrected chi connectivity index (χ1v) is 8.40. The van der Waals surface area contributed by atoms with Gasteiger partial charge in [0.15, 0.2) is 0 Å². The normalized spacial score (nSPS) is 11.3. The van der Waals surface area contributed by atoms with Gasteiger partial charge in [-0.3, -0.25) is 9.59 Å². The summed E-state index contributed by atoms with van der Waals surface area (Å²) in [5.74, 6) is -1.87. The molecular weight excluding hydrogens is 356 g/mol. The van der Waals surface area contributed by atoms with E-state index in [1.54, 1.807) is 29.6 Å². The highest BCUT2D eigenvalue weighted by molar-refractivity contribution is 7.13. The highest BCUT2D eigenvalue weighted by Gasteiger charge is 2.20. The zero-order valence-corrected chi connectivity index (χ0v) is 15.1. The monoisotopic (exact) mass is 374 g/mol. The number of ether oxygens (including phenoxy) is 1. The van der Waals surface area contributed by atoms with Crippen molar-refractivity contribution in [3.63, 3.8) is 0 Å². The Morgan fingerprint density at radius 2 is 1.92 bits per heavy atom. The number of nitrogens with one attached hydrogen (secondary N) is 2. The van der Waals surface area contributed by atoms with Gasteiger partial charge in [-0.1, -0.05) is 6.58 Å². The van der Waals surface area contributed by atoms with E-state index in [9.17, 15) is 14.4 Å². The molecule has 2 rings (SSSR count). The van der Waals surface area contributed by atoms with E-state index in [1.807, 2.05) is 0 Å². The van der Waals surface area contributed by atoms with Crippen molar-refractivity contribution in [3.05, 3.63) is 47.6 Å². The maximum atomic E-state index is 12.2. The molecule has 0 saturated carbocycles. The molecule has 0 unspecified atom stereocenters. The van der Waals surface area contributed by atoms with Gasteiger partial charge >= 0.3 is 5.97 Å². The van der Waals surface area contributed by atoms with Crippen LogP contribution in [0.5, 0.6) is 0 Å². The molecule has 0 bridgehead atoms. The average Bonchev–Trinajstić information content (AvgIpc) is 3.11. The smallest absolute Gasteiger partial charge is 0.328 e. The Balaban J connectivity index is 1.99. The molecule has 1 aromatic heterocycles. The number of nitrogen functional groups attached to an aromatic ring is 1. The van der Waals surface area contributed by atoms with Crippen molar-refractivity contribution >= 4 is 34.8 Å². The van der Waals surface area contributed by atoms with Gasteiger partial charge in [0.1, 0.15) is 16.7 Å². The number of methoxy groups -OCH3 is 1. The number of nitrogens with zero attached hydrogens (tertiary/aromatic N) is 1. The fraction of sp³-hybridized carbons (Fsp3) is 0.176. The summed E-state index contributed by atoms with van der Waals surface area (Å²) in [6.45, 7) is 4.96. The lowest BCUT2D eigenvalue weighted by Crippen LogP contribution is -2.42. The molecule has 1 heterocycles. The Morgan fingerprint density at radius 3 is 2.54 bits per heavy atom. The van der Waals surface area contributed by atoms with Gasteiger partial charge in [-0.2, -0.15) is 0 Å². The number of carbonyl (C=O) groups excluding carboxylic acids is 3. The second-order valence-electron chi connectivity index (χ2n) is 5.31. The highest BCUT2D eigenvalue weighted by Crippen LogP contribution is 2.24. The van der Waals surface area contributed by atoms with Crippen molar-refractivity contribution in [1.82, 2.24) is 15.6 Å². The molecule has 8 nitrogen and oxygen atoms in total. The van der Waals surface area contributed by atoms with Crippen LogP contribution in [0.25, 0.3) is 10.6 Å². The van der Waals surface area contributed by atoms with E-state index >= 15 is 0 Å². The van der Waals surface area contributed by atoms with E-state index < -0.39 is 23.8 Å². The van der Waals surface area contributed by atoms with Crippen molar-refractivity contribution in [2.75, 3.05) is 12.8 Å². The number of hydrogen-bond acceptors (Lipinski definition) is 7. The number of anilines is 1. The summed E-state index contributed by atoms with van der Waals surface area (Å²) >= 11 is 1.29. The second kappa shape index (κ2) is 8.26. The van der Waals surface area contributed by atoms with Gasteiger partial charge < -0.3 is 21.1 Å². The number of aromatic nitrogens is 1. The van der Waals surface area contributed by atoms with Gasteiger partial charge in [0.25, 0.3) is 11.8 Å². The van der Waals surface area contributed by atoms with E-state index in [1.165, 1.54) is 25.4 Å². The Labute approximate surface area is 154 Å². The van der Waals surface area contributed by atoms with Crippen LogP contribution in [0.1, 0.15) is 17.4 Å². The summed E-state index contributed by atoms with van der Waals surface area (Å²) in [6.07, 6.45) is 0. The molecule has 0 aliphatic heterocycles. The first kappa shape index (κ1) is 19.1. The summed E-state index contributed by atoms with van der Waals surface area (Å²) in [4.78, 5) is 39.7. The third-order valence-corrected chi connectivity index (χ3v) is 4.23. The van der Waals surface area contributed by atoms with Crippen molar-refractivity contribution < 1.29 is 19.1 Å². The largest absolute Gasteiger partial charge is 0.467 e. The fourth-order valence-corrected chi connectivity index (χ4v) is 2.72. The van der Waals surface area contributed by atoms with Crippen LogP contribution < -0.4 is 16.4 Å². The average molecular weight is 374 g/mol. The second-order valence-corrected chi connectivity index (χ2v) is 6.17. The van der Waals surface area contributed by atoms with Gasteiger partial charge in [0.05, 0.1) is 12.8 Å². The summed E-state index contributed by atoms with van der Waals surface area (Å²) in [5, 5.41) is 6.94. The van der Waals surface area contributed by atoms with E-state index in [2.05, 4.69) is 26.9 Å². The molecule has 4 N–H and O–H groups in total. The van der Waals surface area contributed by atoms with Crippen molar-refractivity contribution in [2.24, 2.45) is 0 Å². The quantitative estimate of drug-likeness (QED) is 0.398. The van der Waals surface area contributed by atoms with E-state index in [-0.39, 0.29) is 11.4 Å².